The first-order chi connectivity index (χ1) is 8.02. The minimum Gasteiger partial charge on any atom is -0.469 e. The van der Waals surface area contributed by atoms with E-state index in [1.807, 2.05) is 0 Å². The van der Waals surface area contributed by atoms with Crippen molar-refractivity contribution >= 4 is 23.3 Å². The lowest BCUT2D eigenvalue weighted by Gasteiger charge is -2.03. The minimum absolute atomic E-state index is 0.182. The molecule has 1 rings (SSSR count). The molecular formula is C12H13NO4. The van der Waals surface area contributed by atoms with E-state index in [1.54, 1.807) is 24.3 Å². The fourth-order valence-electron chi connectivity index (χ4n) is 1.25. The topological polar surface area (TPSA) is 72.5 Å². The summed E-state index contributed by atoms with van der Waals surface area (Å²) in [6.07, 6.45) is -0.282. The second-order valence-electron chi connectivity index (χ2n) is 3.43. The Labute approximate surface area is 98.8 Å². The van der Waals surface area contributed by atoms with E-state index in [2.05, 4.69) is 10.1 Å². The first-order valence-electron chi connectivity index (χ1n) is 5.00. The van der Waals surface area contributed by atoms with Crippen LogP contribution in [0, 0.1) is 0 Å². The van der Waals surface area contributed by atoms with Crippen molar-refractivity contribution < 1.29 is 19.1 Å². The number of rotatable bonds is 4. The van der Waals surface area contributed by atoms with E-state index < -0.39 is 5.97 Å². The van der Waals surface area contributed by atoms with Crippen molar-refractivity contribution in [3.8, 4) is 0 Å². The van der Waals surface area contributed by atoms with Gasteiger partial charge >= 0.3 is 5.97 Å². The number of carbonyl (C=O) groups is 3. The van der Waals surface area contributed by atoms with Crippen LogP contribution in [0.5, 0.6) is 0 Å². The Bertz CT molecular complexity index is 436. The van der Waals surface area contributed by atoms with E-state index in [4.69, 9.17) is 0 Å². The van der Waals surface area contributed by atoms with Crippen LogP contribution in [0.25, 0.3) is 0 Å². The number of carbonyl (C=O) groups excluding carboxylic acids is 3. The molecule has 0 bridgehead atoms. The maximum absolute atomic E-state index is 11.6. The molecule has 1 aromatic rings. The summed E-state index contributed by atoms with van der Waals surface area (Å²) in [4.78, 5) is 33.2. The van der Waals surface area contributed by atoms with Crippen molar-refractivity contribution in [1.29, 1.82) is 0 Å². The molecule has 0 heterocycles. The van der Waals surface area contributed by atoms with Crippen molar-refractivity contribution in [2.75, 3.05) is 12.4 Å². The van der Waals surface area contributed by atoms with Gasteiger partial charge in [-0.2, -0.15) is 0 Å². The zero-order valence-electron chi connectivity index (χ0n) is 9.65. The van der Waals surface area contributed by atoms with Gasteiger partial charge in [-0.15, -0.1) is 0 Å². The third kappa shape index (κ3) is 4.06. The highest BCUT2D eigenvalue weighted by atomic mass is 16.5. The van der Waals surface area contributed by atoms with E-state index >= 15 is 0 Å². The molecule has 0 atom stereocenters. The van der Waals surface area contributed by atoms with Gasteiger partial charge < -0.3 is 10.1 Å². The molecule has 0 unspecified atom stereocenters. The van der Waals surface area contributed by atoms with Gasteiger partial charge in [0.1, 0.15) is 6.42 Å². The average Bonchev–Trinajstić information content (AvgIpc) is 2.28. The lowest BCUT2D eigenvalue weighted by Crippen LogP contribution is -2.10. The number of hydrogen-bond acceptors (Lipinski definition) is 4. The highest BCUT2D eigenvalue weighted by molar-refractivity contribution is 6.06. The summed E-state index contributed by atoms with van der Waals surface area (Å²) >= 11 is 0. The molecule has 0 aliphatic heterocycles. The zero-order chi connectivity index (χ0) is 12.8. The second-order valence-corrected chi connectivity index (χ2v) is 3.43. The smallest absolute Gasteiger partial charge is 0.313 e. The number of hydrogen-bond donors (Lipinski definition) is 1. The average molecular weight is 235 g/mol. The highest BCUT2D eigenvalue weighted by Crippen LogP contribution is 2.11. The van der Waals surface area contributed by atoms with Gasteiger partial charge in [0, 0.05) is 18.2 Å². The Morgan fingerprint density at radius 2 is 1.76 bits per heavy atom. The van der Waals surface area contributed by atoms with Crippen LogP contribution in [0.2, 0.25) is 0 Å². The third-order valence-corrected chi connectivity index (χ3v) is 2.06. The lowest BCUT2D eigenvalue weighted by molar-refractivity contribution is -0.139. The number of amides is 1. The van der Waals surface area contributed by atoms with E-state index in [1.165, 1.54) is 14.0 Å². The normalized spacial score (nSPS) is 9.53. The molecule has 1 aromatic carbocycles. The van der Waals surface area contributed by atoms with E-state index in [0.717, 1.165) is 0 Å². The summed E-state index contributed by atoms with van der Waals surface area (Å²) in [5.74, 6) is -1.06. The predicted molar refractivity (Wildman–Crippen MR) is 61.7 cm³/mol. The van der Waals surface area contributed by atoms with E-state index in [9.17, 15) is 14.4 Å². The number of methoxy groups -OCH3 is 1. The molecule has 0 aromatic heterocycles. The van der Waals surface area contributed by atoms with E-state index in [0.29, 0.717) is 11.3 Å². The van der Waals surface area contributed by atoms with Crippen molar-refractivity contribution in [2.45, 2.75) is 13.3 Å². The molecule has 0 aliphatic rings. The van der Waals surface area contributed by atoms with Crippen LogP contribution in [-0.2, 0) is 14.3 Å². The Balaban J connectivity index is 2.70. The van der Waals surface area contributed by atoms with Gasteiger partial charge in [0.05, 0.1) is 7.11 Å². The van der Waals surface area contributed by atoms with Crippen LogP contribution in [0.3, 0.4) is 0 Å². The Hall–Kier alpha value is -2.17. The van der Waals surface area contributed by atoms with Gasteiger partial charge in [-0.05, 0) is 24.3 Å². The molecule has 1 amide bonds. The molecule has 90 valence electrons. The lowest BCUT2D eigenvalue weighted by atomic mass is 10.1. The van der Waals surface area contributed by atoms with Crippen LogP contribution in [-0.4, -0.2) is 24.8 Å². The molecule has 0 aliphatic carbocycles. The SMILES string of the molecule is COC(=O)CC(=O)c1ccc(NC(C)=O)cc1. The van der Waals surface area contributed by atoms with Crippen molar-refractivity contribution in [3.63, 3.8) is 0 Å². The Morgan fingerprint density at radius 1 is 1.18 bits per heavy atom. The standard InChI is InChI=1S/C12H13NO4/c1-8(14)13-10-5-3-9(4-6-10)11(15)7-12(16)17-2/h3-6H,7H2,1-2H3,(H,13,14). The molecule has 0 saturated carbocycles. The summed E-state index contributed by atoms with van der Waals surface area (Å²) in [6.45, 7) is 1.40. The van der Waals surface area contributed by atoms with Crippen molar-refractivity contribution in [2.24, 2.45) is 0 Å². The number of ether oxygens (including phenoxy) is 1. The van der Waals surface area contributed by atoms with Crippen LogP contribution in [0.15, 0.2) is 24.3 Å². The van der Waals surface area contributed by atoms with E-state index in [-0.39, 0.29) is 18.1 Å². The van der Waals surface area contributed by atoms with Gasteiger partial charge in [0.15, 0.2) is 5.78 Å². The van der Waals surface area contributed by atoms with Crippen LogP contribution >= 0.6 is 0 Å². The molecule has 0 saturated heterocycles. The van der Waals surface area contributed by atoms with Crippen LogP contribution < -0.4 is 5.32 Å². The van der Waals surface area contributed by atoms with Crippen molar-refractivity contribution in [3.05, 3.63) is 29.8 Å². The Kier molecular flexibility index (Phi) is 4.39. The first kappa shape index (κ1) is 12.9. The zero-order valence-corrected chi connectivity index (χ0v) is 9.65. The predicted octanol–water partition coefficient (Wildman–Crippen LogP) is 1.39. The summed E-state index contributed by atoms with van der Waals surface area (Å²) in [7, 11) is 1.23. The second kappa shape index (κ2) is 5.79. The fourth-order valence-corrected chi connectivity index (χ4v) is 1.25. The molecule has 5 nitrogen and oxygen atoms in total. The highest BCUT2D eigenvalue weighted by Gasteiger charge is 2.11. The number of esters is 1. The molecule has 0 radical (unpaired) electrons. The number of nitrogens with one attached hydrogen (secondary N) is 1. The van der Waals surface area contributed by atoms with Crippen molar-refractivity contribution in [1.82, 2.24) is 0 Å². The first-order valence-corrected chi connectivity index (χ1v) is 5.00. The summed E-state index contributed by atoms with van der Waals surface area (Å²) in [6, 6.07) is 6.31. The number of Topliss-reactive ketones (excluding diaryl/α,β-unsaturated/α-hetero) is 1. The molecular weight excluding hydrogens is 222 g/mol. The molecule has 17 heavy (non-hydrogen) atoms. The van der Waals surface area contributed by atoms with Gasteiger partial charge in [0.25, 0.3) is 0 Å². The molecule has 0 spiro atoms. The third-order valence-electron chi connectivity index (χ3n) is 2.06. The Morgan fingerprint density at radius 3 is 2.24 bits per heavy atom. The monoisotopic (exact) mass is 235 g/mol. The quantitative estimate of drug-likeness (QED) is 0.486. The molecule has 1 N–H and O–H groups in total. The van der Waals surface area contributed by atoms with Gasteiger partial charge in [-0.25, -0.2) is 0 Å². The van der Waals surface area contributed by atoms with Gasteiger partial charge in [-0.3, -0.25) is 14.4 Å². The maximum atomic E-state index is 11.6. The van der Waals surface area contributed by atoms with Crippen LogP contribution in [0.1, 0.15) is 23.7 Å². The number of anilines is 1. The largest absolute Gasteiger partial charge is 0.469 e. The van der Waals surface area contributed by atoms with Crippen LogP contribution in [0.4, 0.5) is 5.69 Å². The summed E-state index contributed by atoms with van der Waals surface area (Å²) in [5, 5.41) is 2.58. The maximum Gasteiger partial charge on any atom is 0.313 e. The minimum atomic E-state index is -0.569. The summed E-state index contributed by atoms with van der Waals surface area (Å²) in [5.41, 5.74) is 1.01. The number of benzene rings is 1. The summed E-state index contributed by atoms with van der Waals surface area (Å²) < 4.78 is 4.40. The van der Waals surface area contributed by atoms with Gasteiger partial charge in [-0.1, -0.05) is 0 Å². The number of ketones is 1. The molecule has 0 fully saturated rings. The molecule has 5 heteroatoms. The van der Waals surface area contributed by atoms with Gasteiger partial charge in [0.2, 0.25) is 5.91 Å². The fraction of sp³-hybridized carbons (Fsp3) is 0.250.